The van der Waals surface area contributed by atoms with Crippen molar-refractivity contribution in [1.29, 1.82) is 5.26 Å². The van der Waals surface area contributed by atoms with Gasteiger partial charge in [0.2, 0.25) is 0 Å². The molecule has 0 aromatic carbocycles. The van der Waals surface area contributed by atoms with Crippen LogP contribution >= 0.6 is 22.6 Å². The summed E-state index contributed by atoms with van der Waals surface area (Å²) in [5, 5.41) is 8.52. The van der Waals surface area contributed by atoms with Crippen molar-refractivity contribution in [2.24, 2.45) is 0 Å². The van der Waals surface area contributed by atoms with E-state index in [2.05, 4.69) is 4.98 Å². The van der Waals surface area contributed by atoms with E-state index >= 15 is 0 Å². The SMILES string of the molecule is Cc1nc(C(F)F)cc(I)c1CC#N. The van der Waals surface area contributed by atoms with E-state index in [1.54, 1.807) is 6.92 Å². The average molecular weight is 308 g/mol. The van der Waals surface area contributed by atoms with Crippen LogP contribution in [0.2, 0.25) is 0 Å². The molecular weight excluding hydrogens is 301 g/mol. The fourth-order valence-corrected chi connectivity index (χ4v) is 1.99. The summed E-state index contributed by atoms with van der Waals surface area (Å²) in [5.41, 5.74) is 1.01. The van der Waals surface area contributed by atoms with Gasteiger partial charge in [0.1, 0.15) is 5.69 Å². The molecule has 0 amide bonds. The Balaban J connectivity index is 3.19. The van der Waals surface area contributed by atoms with Crippen LogP contribution < -0.4 is 0 Å². The molecule has 0 saturated carbocycles. The zero-order valence-corrected chi connectivity index (χ0v) is 9.55. The first-order valence-corrected chi connectivity index (χ1v) is 4.95. The average Bonchev–Trinajstić information content (AvgIpc) is 2.10. The van der Waals surface area contributed by atoms with E-state index < -0.39 is 6.43 Å². The Morgan fingerprint density at radius 1 is 1.64 bits per heavy atom. The monoisotopic (exact) mass is 308 g/mol. The lowest BCUT2D eigenvalue weighted by Crippen LogP contribution is -2.00. The van der Waals surface area contributed by atoms with E-state index in [0.29, 0.717) is 9.26 Å². The second-order valence-corrected chi connectivity index (χ2v) is 3.89. The molecule has 1 aromatic heterocycles. The predicted molar refractivity (Wildman–Crippen MR) is 56.0 cm³/mol. The van der Waals surface area contributed by atoms with Gasteiger partial charge in [0.15, 0.2) is 0 Å². The van der Waals surface area contributed by atoms with Gasteiger partial charge in [0, 0.05) is 14.8 Å². The molecule has 0 saturated heterocycles. The van der Waals surface area contributed by atoms with Crippen LogP contribution in [0.3, 0.4) is 0 Å². The van der Waals surface area contributed by atoms with Crippen LogP contribution in [0.25, 0.3) is 0 Å². The van der Waals surface area contributed by atoms with Crippen LogP contribution in [0, 0.1) is 21.8 Å². The molecule has 0 aliphatic carbocycles. The highest BCUT2D eigenvalue weighted by molar-refractivity contribution is 14.1. The molecule has 0 bridgehead atoms. The minimum atomic E-state index is -2.56. The van der Waals surface area contributed by atoms with Crippen LogP contribution in [0.4, 0.5) is 8.78 Å². The van der Waals surface area contributed by atoms with Crippen LogP contribution in [-0.2, 0) is 6.42 Å². The number of aryl methyl sites for hydroxylation is 1. The summed E-state index contributed by atoms with van der Waals surface area (Å²) in [6.07, 6.45) is -2.35. The fourth-order valence-electron chi connectivity index (χ4n) is 1.09. The standard InChI is InChI=1S/C9H7F2IN2/c1-5-6(2-3-13)7(12)4-8(14-5)9(10)11/h4,9H,2H2,1H3. The molecule has 0 fully saturated rings. The highest BCUT2D eigenvalue weighted by atomic mass is 127. The highest BCUT2D eigenvalue weighted by Gasteiger charge is 2.13. The summed E-state index contributed by atoms with van der Waals surface area (Å²) in [7, 11) is 0. The zero-order valence-electron chi connectivity index (χ0n) is 7.39. The van der Waals surface area contributed by atoms with Crippen molar-refractivity contribution in [3.8, 4) is 6.07 Å². The Labute approximate surface area is 94.1 Å². The van der Waals surface area contributed by atoms with E-state index in [-0.39, 0.29) is 12.1 Å². The molecule has 1 rings (SSSR count). The number of hydrogen-bond acceptors (Lipinski definition) is 2. The van der Waals surface area contributed by atoms with Crippen molar-refractivity contribution in [2.45, 2.75) is 19.8 Å². The summed E-state index contributed by atoms with van der Waals surface area (Å²) in [5.74, 6) is 0. The summed E-state index contributed by atoms with van der Waals surface area (Å²) in [6, 6.07) is 3.31. The van der Waals surface area contributed by atoms with Gasteiger partial charge in [-0.1, -0.05) is 0 Å². The number of halogens is 3. The van der Waals surface area contributed by atoms with E-state index in [9.17, 15) is 8.78 Å². The predicted octanol–water partition coefficient (Wildman–Crippen LogP) is 3.00. The molecule has 0 N–H and O–H groups in total. The molecule has 0 aliphatic heterocycles. The maximum atomic E-state index is 12.3. The lowest BCUT2D eigenvalue weighted by atomic mass is 10.1. The molecule has 14 heavy (non-hydrogen) atoms. The van der Waals surface area contributed by atoms with Crippen LogP contribution in [0.5, 0.6) is 0 Å². The maximum absolute atomic E-state index is 12.3. The molecule has 74 valence electrons. The molecule has 1 aromatic rings. The third-order valence-corrected chi connectivity index (χ3v) is 2.74. The Morgan fingerprint density at radius 2 is 2.29 bits per heavy atom. The van der Waals surface area contributed by atoms with Gasteiger partial charge in [0.25, 0.3) is 6.43 Å². The molecule has 0 spiro atoms. The first-order valence-electron chi connectivity index (χ1n) is 3.87. The first-order chi connectivity index (χ1) is 6.56. The van der Waals surface area contributed by atoms with Crippen LogP contribution in [-0.4, -0.2) is 4.98 Å². The van der Waals surface area contributed by atoms with Gasteiger partial charge in [-0.3, -0.25) is 4.98 Å². The molecule has 1 heterocycles. The molecule has 0 aliphatic rings. The Bertz CT molecular complexity index is 362. The minimum absolute atomic E-state index is 0.209. The third kappa shape index (κ3) is 2.38. The van der Waals surface area contributed by atoms with Gasteiger partial charge in [-0.2, -0.15) is 5.26 Å². The Hall–Kier alpha value is -0.770. The Morgan fingerprint density at radius 3 is 2.71 bits per heavy atom. The van der Waals surface area contributed by atoms with Gasteiger partial charge < -0.3 is 0 Å². The molecule has 0 atom stereocenters. The quantitative estimate of drug-likeness (QED) is 0.788. The van der Waals surface area contributed by atoms with E-state index in [4.69, 9.17) is 5.26 Å². The second kappa shape index (κ2) is 4.64. The van der Waals surface area contributed by atoms with Gasteiger partial charge in [-0.15, -0.1) is 0 Å². The Kier molecular flexibility index (Phi) is 3.75. The zero-order chi connectivity index (χ0) is 10.7. The number of hydrogen-bond donors (Lipinski definition) is 0. The lowest BCUT2D eigenvalue weighted by Gasteiger charge is -2.07. The lowest BCUT2D eigenvalue weighted by molar-refractivity contribution is 0.145. The van der Waals surface area contributed by atoms with E-state index in [0.717, 1.165) is 5.56 Å². The summed E-state index contributed by atoms with van der Waals surface area (Å²) < 4.78 is 25.3. The molecule has 5 heteroatoms. The summed E-state index contributed by atoms with van der Waals surface area (Å²) in [4.78, 5) is 3.75. The van der Waals surface area contributed by atoms with Crippen LogP contribution in [0.1, 0.15) is 23.4 Å². The van der Waals surface area contributed by atoms with Crippen LogP contribution in [0.15, 0.2) is 6.07 Å². The number of nitriles is 1. The van der Waals surface area contributed by atoms with Crippen molar-refractivity contribution in [3.05, 3.63) is 26.6 Å². The third-order valence-electron chi connectivity index (χ3n) is 1.78. The normalized spacial score (nSPS) is 10.3. The number of nitrogens with zero attached hydrogens (tertiary/aromatic N) is 2. The van der Waals surface area contributed by atoms with Crippen molar-refractivity contribution < 1.29 is 8.78 Å². The van der Waals surface area contributed by atoms with Gasteiger partial charge in [-0.25, -0.2) is 8.78 Å². The molecule has 2 nitrogen and oxygen atoms in total. The fraction of sp³-hybridized carbons (Fsp3) is 0.333. The van der Waals surface area contributed by atoms with Gasteiger partial charge in [0.05, 0.1) is 12.5 Å². The van der Waals surface area contributed by atoms with Gasteiger partial charge >= 0.3 is 0 Å². The smallest absolute Gasteiger partial charge is 0.252 e. The molecule has 0 radical (unpaired) electrons. The number of pyridine rings is 1. The largest absolute Gasteiger partial charge is 0.280 e. The minimum Gasteiger partial charge on any atom is -0.252 e. The molecular formula is C9H7F2IN2. The highest BCUT2D eigenvalue weighted by Crippen LogP contribution is 2.23. The number of aromatic nitrogens is 1. The summed E-state index contributed by atoms with van der Waals surface area (Å²) >= 11 is 1.94. The summed E-state index contributed by atoms with van der Waals surface area (Å²) in [6.45, 7) is 1.64. The van der Waals surface area contributed by atoms with E-state index in [1.165, 1.54) is 6.07 Å². The second-order valence-electron chi connectivity index (χ2n) is 2.73. The van der Waals surface area contributed by atoms with Crippen molar-refractivity contribution >= 4 is 22.6 Å². The topological polar surface area (TPSA) is 36.7 Å². The number of alkyl halides is 2. The molecule has 0 unspecified atom stereocenters. The van der Waals surface area contributed by atoms with Crippen molar-refractivity contribution in [2.75, 3.05) is 0 Å². The van der Waals surface area contributed by atoms with Crippen molar-refractivity contribution in [1.82, 2.24) is 4.98 Å². The maximum Gasteiger partial charge on any atom is 0.280 e. The first kappa shape index (κ1) is 11.3. The number of rotatable bonds is 2. The van der Waals surface area contributed by atoms with Crippen molar-refractivity contribution in [3.63, 3.8) is 0 Å². The van der Waals surface area contributed by atoms with E-state index in [1.807, 2.05) is 28.7 Å². The van der Waals surface area contributed by atoms with Gasteiger partial charge in [-0.05, 0) is 35.6 Å².